The van der Waals surface area contributed by atoms with E-state index in [-0.39, 0.29) is 17.9 Å². The summed E-state index contributed by atoms with van der Waals surface area (Å²) in [6.07, 6.45) is 2.06. The van der Waals surface area contributed by atoms with Gasteiger partial charge in [0, 0.05) is 18.0 Å². The first-order valence-electron chi connectivity index (χ1n) is 6.92. The summed E-state index contributed by atoms with van der Waals surface area (Å²) in [6, 6.07) is 7.71. The standard InChI is InChI=1S/C15H20N2O2S/c1-2-10(9-14(16)20)17-15(18)12-7-8-19-13-6-4-3-5-11(12)13/h3-6,10,12H,2,7-9H2,1H3,(H2,16,20)(H,17,18). The fraction of sp³-hybridized carbons (Fsp3) is 0.467. The van der Waals surface area contributed by atoms with Gasteiger partial charge in [0.1, 0.15) is 5.75 Å². The van der Waals surface area contributed by atoms with Crippen molar-refractivity contribution in [3.05, 3.63) is 29.8 Å². The number of carbonyl (C=O) groups is 1. The maximum atomic E-state index is 12.5. The third-order valence-corrected chi connectivity index (χ3v) is 3.73. The molecular formula is C15H20N2O2S. The van der Waals surface area contributed by atoms with Crippen LogP contribution >= 0.6 is 12.2 Å². The minimum absolute atomic E-state index is 0.00927. The van der Waals surface area contributed by atoms with Gasteiger partial charge in [0.05, 0.1) is 17.5 Å². The van der Waals surface area contributed by atoms with Crippen molar-refractivity contribution in [2.24, 2.45) is 5.73 Å². The molecule has 1 aliphatic rings. The van der Waals surface area contributed by atoms with Gasteiger partial charge < -0.3 is 15.8 Å². The summed E-state index contributed by atoms with van der Waals surface area (Å²) in [7, 11) is 0. The van der Waals surface area contributed by atoms with Crippen LogP contribution in [-0.2, 0) is 4.79 Å². The largest absolute Gasteiger partial charge is 0.493 e. The molecular weight excluding hydrogens is 272 g/mol. The molecule has 5 heteroatoms. The molecule has 0 aliphatic carbocycles. The molecule has 1 aromatic rings. The van der Waals surface area contributed by atoms with Gasteiger partial charge in [0.25, 0.3) is 0 Å². The van der Waals surface area contributed by atoms with Crippen LogP contribution in [0.2, 0.25) is 0 Å². The fourth-order valence-corrected chi connectivity index (χ4v) is 2.66. The molecule has 1 aromatic carbocycles. The lowest BCUT2D eigenvalue weighted by molar-refractivity contribution is -0.123. The summed E-state index contributed by atoms with van der Waals surface area (Å²) in [6.45, 7) is 2.59. The molecule has 2 atom stereocenters. The van der Waals surface area contributed by atoms with E-state index < -0.39 is 0 Å². The molecule has 0 aromatic heterocycles. The Morgan fingerprint density at radius 2 is 2.30 bits per heavy atom. The molecule has 0 radical (unpaired) electrons. The summed E-state index contributed by atoms with van der Waals surface area (Å²) >= 11 is 4.92. The Balaban J connectivity index is 2.08. The molecule has 2 unspecified atom stereocenters. The highest BCUT2D eigenvalue weighted by molar-refractivity contribution is 7.80. The Hall–Kier alpha value is -1.62. The summed E-state index contributed by atoms with van der Waals surface area (Å²) < 4.78 is 5.58. The SMILES string of the molecule is CCC(CC(N)=S)NC(=O)C1CCOc2ccccc21. The predicted molar refractivity (Wildman–Crippen MR) is 82.9 cm³/mol. The van der Waals surface area contributed by atoms with Crippen molar-refractivity contribution in [2.75, 3.05) is 6.61 Å². The molecule has 20 heavy (non-hydrogen) atoms. The van der Waals surface area contributed by atoms with Crippen LogP contribution in [0.15, 0.2) is 24.3 Å². The van der Waals surface area contributed by atoms with E-state index in [2.05, 4.69) is 5.32 Å². The van der Waals surface area contributed by atoms with E-state index in [0.717, 1.165) is 17.7 Å². The number of hydrogen-bond acceptors (Lipinski definition) is 3. The summed E-state index contributed by atoms with van der Waals surface area (Å²) in [5, 5.41) is 3.05. The highest BCUT2D eigenvalue weighted by Crippen LogP contribution is 2.33. The first-order chi connectivity index (χ1) is 9.61. The van der Waals surface area contributed by atoms with E-state index in [1.54, 1.807) is 0 Å². The molecule has 2 rings (SSSR count). The lowest BCUT2D eigenvalue weighted by Gasteiger charge is -2.27. The van der Waals surface area contributed by atoms with Crippen LogP contribution < -0.4 is 15.8 Å². The average Bonchev–Trinajstić information content (AvgIpc) is 2.45. The minimum atomic E-state index is -0.152. The monoisotopic (exact) mass is 292 g/mol. The molecule has 0 saturated carbocycles. The Labute approximate surface area is 124 Å². The van der Waals surface area contributed by atoms with Crippen LogP contribution in [0.5, 0.6) is 5.75 Å². The molecule has 1 aliphatic heterocycles. The zero-order valence-electron chi connectivity index (χ0n) is 11.6. The number of thiocarbonyl (C=S) groups is 1. The molecule has 4 nitrogen and oxygen atoms in total. The number of ether oxygens (including phenoxy) is 1. The second-order valence-corrected chi connectivity index (χ2v) is 5.54. The van der Waals surface area contributed by atoms with Gasteiger partial charge in [-0.3, -0.25) is 4.79 Å². The number of amides is 1. The van der Waals surface area contributed by atoms with Crippen molar-refractivity contribution in [3.63, 3.8) is 0 Å². The maximum absolute atomic E-state index is 12.5. The average molecular weight is 292 g/mol. The number of nitrogens with two attached hydrogens (primary N) is 1. The summed E-state index contributed by atoms with van der Waals surface area (Å²) in [4.78, 5) is 12.9. The Morgan fingerprint density at radius 3 is 3.00 bits per heavy atom. The number of fused-ring (bicyclic) bond motifs is 1. The van der Waals surface area contributed by atoms with Crippen LogP contribution in [-0.4, -0.2) is 23.5 Å². The Kier molecular flexibility index (Phi) is 4.95. The highest BCUT2D eigenvalue weighted by atomic mass is 32.1. The topological polar surface area (TPSA) is 64.3 Å². The van der Waals surface area contributed by atoms with Gasteiger partial charge in [-0.15, -0.1) is 0 Å². The van der Waals surface area contributed by atoms with E-state index >= 15 is 0 Å². The normalized spacial score (nSPS) is 18.6. The fourth-order valence-electron chi connectivity index (χ4n) is 2.46. The van der Waals surface area contributed by atoms with Gasteiger partial charge in [0.15, 0.2) is 0 Å². The molecule has 3 N–H and O–H groups in total. The number of hydrogen-bond donors (Lipinski definition) is 2. The first-order valence-corrected chi connectivity index (χ1v) is 7.33. The van der Waals surface area contributed by atoms with Crippen LogP contribution in [0.3, 0.4) is 0 Å². The number of benzene rings is 1. The zero-order valence-corrected chi connectivity index (χ0v) is 12.4. The van der Waals surface area contributed by atoms with Gasteiger partial charge in [-0.1, -0.05) is 37.3 Å². The third kappa shape index (κ3) is 3.48. The molecule has 0 fully saturated rings. The van der Waals surface area contributed by atoms with Crippen LogP contribution in [0.25, 0.3) is 0 Å². The molecule has 1 amide bonds. The first kappa shape index (κ1) is 14.8. The smallest absolute Gasteiger partial charge is 0.228 e. The van der Waals surface area contributed by atoms with E-state index in [9.17, 15) is 4.79 Å². The Morgan fingerprint density at radius 1 is 1.55 bits per heavy atom. The number of para-hydroxylation sites is 1. The van der Waals surface area contributed by atoms with Gasteiger partial charge >= 0.3 is 0 Å². The number of nitrogens with one attached hydrogen (secondary N) is 1. The molecule has 108 valence electrons. The van der Waals surface area contributed by atoms with Crippen molar-refractivity contribution in [1.82, 2.24) is 5.32 Å². The van der Waals surface area contributed by atoms with Gasteiger partial charge in [-0.25, -0.2) is 0 Å². The minimum Gasteiger partial charge on any atom is -0.493 e. The molecule has 1 heterocycles. The second-order valence-electron chi connectivity index (χ2n) is 5.01. The van der Waals surface area contributed by atoms with Crippen molar-refractivity contribution in [3.8, 4) is 5.75 Å². The van der Waals surface area contributed by atoms with Gasteiger partial charge in [-0.2, -0.15) is 0 Å². The molecule has 0 bridgehead atoms. The van der Waals surface area contributed by atoms with E-state index in [1.807, 2.05) is 31.2 Å². The summed E-state index contributed by atoms with van der Waals surface area (Å²) in [5.41, 5.74) is 6.52. The van der Waals surface area contributed by atoms with E-state index in [1.165, 1.54) is 0 Å². The van der Waals surface area contributed by atoms with Gasteiger partial charge in [-0.05, 0) is 18.9 Å². The lowest BCUT2D eigenvalue weighted by atomic mass is 9.92. The zero-order chi connectivity index (χ0) is 14.5. The lowest BCUT2D eigenvalue weighted by Crippen LogP contribution is -2.40. The molecule has 0 saturated heterocycles. The number of rotatable bonds is 5. The second kappa shape index (κ2) is 6.70. The quantitative estimate of drug-likeness (QED) is 0.816. The maximum Gasteiger partial charge on any atom is 0.228 e. The van der Waals surface area contributed by atoms with Crippen LogP contribution in [0, 0.1) is 0 Å². The van der Waals surface area contributed by atoms with Crippen molar-refractivity contribution >= 4 is 23.1 Å². The van der Waals surface area contributed by atoms with E-state index in [4.69, 9.17) is 22.7 Å². The van der Waals surface area contributed by atoms with Crippen molar-refractivity contribution in [2.45, 2.75) is 38.1 Å². The van der Waals surface area contributed by atoms with Crippen LogP contribution in [0.4, 0.5) is 0 Å². The third-order valence-electron chi connectivity index (χ3n) is 3.56. The Bertz CT molecular complexity index is 504. The highest BCUT2D eigenvalue weighted by Gasteiger charge is 2.28. The van der Waals surface area contributed by atoms with Gasteiger partial charge in [0.2, 0.25) is 5.91 Å². The van der Waals surface area contributed by atoms with Crippen molar-refractivity contribution in [1.29, 1.82) is 0 Å². The van der Waals surface area contributed by atoms with Crippen molar-refractivity contribution < 1.29 is 9.53 Å². The summed E-state index contributed by atoms with van der Waals surface area (Å²) in [5.74, 6) is 0.686. The van der Waals surface area contributed by atoms with Crippen LogP contribution in [0.1, 0.15) is 37.7 Å². The molecule has 0 spiro atoms. The number of carbonyl (C=O) groups excluding carboxylic acids is 1. The predicted octanol–water partition coefficient (Wildman–Crippen LogP) is 2.12. The van der Waals surface area contributed by atoms with E-state index in [0.29, 0.717) is 24.4 Å².